The number of anilines is 1. The highest BCUT2D eigenvalue weighted by Gasteiger charge is 2.43. The van der Waals surface area contributed by atoms with Crippen molar-refractivity contribution in [3.63, 3.8) is 0 Å². The highest BCUT2D eigenvalue weighted by Crippen LogP contribution is 2.56. The van der Waals surface area contributed by atoms with Crippen molar-refractivity contribution in [2.24, 2.45) is 5.92 Å². The van der Waals surface area contributed by atoms with Gasteiger partial charge in [0, 0.05) is 21.7 Å². The van der Waals surface area contributed by atoms with Gasteiger partial charge in [-0.05, 0) is 36.1 Å². The lowest BCUT2D eigenvalue weighted by Crippen LogP contribution is -2.30. The zero-order valence-corrected chi connectivity index (χ0v) is 15.5. The van der Waals surface area contributed by atoms with Crippen molar-refractivity contribution in [2.75, 3.05) is 5.32 Å². The number of nitrogens with one attached hydrogen (secondary N) is 1. The van der Waals surface area contributed by atoms with Crippen LogP contribution in [0.4, 0.5) is 11.4 Å². The number of benzene rings is 2. The summed E-state index contributed by atoms with van der Waals surface area (Å²) in [5.74, 6) is -0.669. The zero-order chi connectivity index (χ0) is 18.6. The highest BCUT2D eigenvalue weighted by molar-refractivity contribution is 6.35. The van der Waals surface area contributed by atoms with E-state index in [0.717, 1.165) is 11.6 Å². The Labute approximate surface area is 164 Å². The molecule has 0 radical (unpaired) electrons. The Kier molecular flexibility index (Phi) is 4.26. The quantitative estimate of drug-likeness (QED) is 0.405. The minimum atomic E-state index is -0.527. The molecular formula is C18H12Cl3N2O3-. The van der Waals surface area contributed by atoms with E-state index in [9.17, 15) is 15.2 Å². The SMILES string of the molecule is O=[N+]([O-])c1c(Cl)cc([O-])c2c1[C@H]1C=CC[C@@H]1[C@@H](c1ccc(Cl)cc1Cl)N2. The topological polar surface area (TPSA) is 78.2 Å². The number of hydrogen-bond acceptors (Lipinski definition) is 4. The monoisotopic (exact) mass is 409 g/mol. The highest BCUT2D eigenvalue weighted by atomic mass is 35.5. The van der Waals surface area contributed by atoms with Crippen molar-refractivity contribution < 1.29 is 10.0 Å². The molecule has 0 saturated heterocycles. The second-order valence-corrected chi connectivity index (χ2v) is 7.64. The Bertz CT molecular complexity index is 961. The number of allylic oxidation sites excluding steroid dienone is 2. The van der Waals surface area contributed by atoms with E-state index >= 15 is 0 Å². The Morgan fingerprint density at radius 2 is 1.92 bits per heavy atom. The van der Waals surface area contributed by atoms with E-state index in [4.69, 9.17) is 34.8 Å². The molecule has 26 heavy (non-hydrogen) atoms. The molecule has 2 aliphatic rings. The number of nitrogens with zero attached hydrogens (tertiary/aromatic N) is 1. The van der Waals surface area contributed by atoms with Gasteiger partial charge >= 0.3 is 0 Å². The van der Waals surface area contributed by atoms with Crippen LogP contribution in [-0.2, 0) is 0 Å². The number of rotatable bonds is 2. The van der Waals surface area contributed by atoms with Crippen LogP contribution in [0.2, 0.25) is 15.1 Å². The molecule has 0 fully saturated rings. The average molecular weight is 411 g/mol. The molecule has 2 aromatic rings. The van der Waals surface area contributed by atoms with Crippen LogP contribution < -0.4 is 10.4 Å². The van der Waals surface area contributed by atoms with E-state index in [1.807, 2.05) is 18.2 Å². The lowest BCUT2D eigenvalue weighted by atomic mass is 9.76. The van der Waals surface area contributed by atoms with Gasteiger partial charge in [-0.15, -0.1) is 0 Å². The molecule has 0 unspecified atom stereocenters. The molecule has 0 amide bonds. The summed E-state index contributed by atoms with van der Waals surface area (Å²) >= 11 is 18.4. The second-order valence-electron chi connectivity index (χ2n) is 6.39. The summed E-state index contributed by atoms with van der Waals surface area (Å²) in [6, 6.07) is 6.03. The van der Waals surface area contributed by atoms with Crippen molar-refractivity contribution >= 4 is 46.2 Å². The van der Waals surface area contributed by atoms with Gasteiger partial charge in [-0.3, -0.25) is 10.1 Å². The number of halogens is 3. The van der Waals surface area contributed by atoms with Crippen LogP contribution in [0.25, 0.3) is 0 Å². The molecular weight excluding hydrogens is 399 g/mol. The molecule has 0 saturated carbocycles. The standard InChI is InChI=1S/C18H13Cl3N2O3/c19-8-4-5-11(12(20)6-8)16-10-3-1-2-9(10)15-17(22-16)14(24)7-13(21)18(15)23(25)26/h1-2,4-7,9-10,16,22,24H,3H2/p-1/t9-,10-,16-/m0/s1. The van der Waals surface area contributed by atoms with Crippen LogP contribution in [0, 0.1) is 16.0 Å². The van der Waals surface area contributed by atoms with Crippen molar-refractivity contribution in [1.29, 1.82) is 0 Å². The molecule has 4 rings (SSSR count). The summed E-state index contributed by atoms with van der Waals surface area (Å²) in [5, 5.41) is 28.1. The predicted molar refractivity (Wildman–Crippen MR) is 100 cm³/mol. The van der Waals surface area contributed by atoms with E-state index in [2.05, 4.69) is 5.32 Å². The average Bonchev–Trinajstić information content (AvgIpc) is 3.04. The van der Waals surface area contributed by atoms with Crippen LogP contribution in [0.1, 0.15) is 29.5 Å². The number of nitro benzene ring substituents is 1. The molecule has 1 aliphatic heterocycles. The fourth-order valence-corrected chi connectivity index (χ4v) is 4.74. The third kappa shape index (κ3) is 2.62. The number of fused-ring (bicyclic) bond motifs is 3. The second kappa shape index (κ2) is 6.34. The van der Waals surface area contributed by atoms with Crippen LogP contribution in [0.3, 0.4) is 0 Å². The first-order valence-corrected chi connectivity index (χ1v) is 9.07. The van der Waals surface area contributed by atoms with Crippen molar-refractivity contribution in [2.45, 2.75) is 18.4 Å². The third-order valence-electron chi connectivity index (χ3n) is 5.01. The molecule has 1 aliphatic carbocycles. The summed E-state index contributed by atoms with van der Waals surface area (Å²) in [6.45, 7) is 0. The fourth-order valence-electron chi connectivity index (χ4n) is 3.94. The maximum absolute atomic E-state index is 12.5. The Hall–Kier alpha value is -1.95. The van der Waals surface area contributed by atoms with Crippen LogP contribution in [0.5, 0.6) is 5.75 Å². The van der Waals surface area contributed by atoms with Gasteiger partial charge in [0.2, 0.25) is 0 Å². The minimum Gasteiger partial charge on any atom is -0.871 e. The molecule has 8 heteroatoms. The van der Waals surface area contributed by atoms with Gasteiger partial charge in [0.05, 0.1) is 16.5 Å². The molecule has 2 aromatic carbocycles. The first-order chi connectivity index (χ1) is 12.4. The summed E-state index contributed by atoms with van der Waals surface area (Å²) in [4.78, 5) is 11.0. The Morgan fingerprint density at radius 1 is 1.15 bits per heavy atom. The molecule has 0 bridgehead atoms. The first kappa shape index (κ1) is 17.5. The normalized spacial score (nSPS) is 23.3. The summed E-state index contributed by atoms with van der Waals surface area (Å²) in [6.07, 6.45) is 4.58. The van der Waals surface area contributed by atoms with E-state index in [-0.39, 0.29) is 40.0 Å². The molecule has 3 atom stereocenters. The van der Waals surface area contributed by atoms with Gasteiger partial charge < -0.3 is 10.4 Å². The van der Waals surface area contributed by atoms with Crippen LogP contribution >= 0.6 is 34.8 Å². The van der Waals surface area contributed by atoms with E-state index in [1.165, 1.54) is 0 Å². The van der Waals surface area contributed by atoms with Gasteiger partial charge in [-0.2, -0.15) is 0 Å². The number of hydrogen-bond donors (Lipinski definition) is 1. The van der Waals surface area contributed by atoms with Crippen molar-refractivity contribution in [3.8, 4) is 5.75 Å². The zero-order valence-electron chi connectivity index (χ0n) is 13.2. The third-order valence-corrected chi connectivity index (χ3v) is 5.86. The molecule has 0 spiro atoms. The molecule has 1 N–H and O–H groups in total. The smallest absolute Gasteiger partial charge is 0.293 e. The van der Waals surface area contributed by atoms with Gasteiger partial charge in [-0.1, -0.05) is 58.8 Å². The van der Waals surface area contributed by atoms with Gasteiger partial charge in [0.1, 0.15) is 5.02 Å². The Balaban J connectivity index is 1.91. The van der Waals surface area contributed by atoms with Crippen LogP contribution in [-0.4, -0.2) is 4.92 Å². The van der Waals surface area contributed by atoms with E-state index in [0.29, 0.717) is 22.0 Å². The fraction of sp³-hybridized carbons (Fsp3) is 0.222. The van der Waals surface area contributed by atoms with Crippen molar-refractivity contribution in [3.05, 3.63) is 72.7 Å². The number of nitro groups is 1. The molecule has 5 nitrogen and oxygen atoms in total. The lowest BCUT2D eigenvalue weighted by Gasteiger charge is -2.39. The van der Waals surface area contributed by atoms with Gasteiger partial charge in [0.25, 0.3) is 5.69 Å². The largest absolute Gasteiger partial charge is 0.871 e. The van der Waals surface area contributed by atoms with Crippen molar-refractivity contribution in [1.82, 2.24) is 0 Å². The van der Waals surface area contributed by atoms with E-state index in [1.54, 1.807) is 12.1 Å². The molecule has 134 valence electrons. The maximum atomic E-state index is 12.5. The minimum absolute atomic E-state index is 0.0160. The van der Waals surface area contributed by atoms with Gasteiger partial charge in [0.15, 0.2) is 0 Å². The summed E-state index contributed by atoms with van der Waals surface area (Å²) < 4.78 is 0. The van der Waals surface area contributed by atoms with Gasteiger partial charge in [-0.25, -0.2) is 0 Å². The lowest BCUT2D eigenvalue weighted by molar-refractivity contribution is -0.385. The first-order valence-electron chi connectivity index (χ1n) is 7.94. The van der Waals surface area contributed by atoms with Crippen LogP contribution in [0.15, 0.2) is 36.4 Å². The predicted octanol–water partition coefficient (Wildman–Crippen LogP) is 5.46. The summed E-state index contributed by atoms with van der Waals surface area (Å²) in [5.41, 5.74) is 1.16. The Morgan fingerprint density at radius 3 is 2.62 bits per heavy atom. The van der Waals surface area contributed by atoms with E-state index < -0.39 is 4.92 Å². The maximum Gasteiger partial charge on any atom is 0.293 e. The summed E-state index contributed by atoms with van der Waals surface area (Å²) in [7, 11) is 0. The molecule has 1 heterocycles. The molecule has 0 aromatic heterocycles.